The number of esters is 1. The fourth-order valence-electron chi connectivity index (χ4n) is 7.54. The van der Waals surface area contributed by atoms with Gasteiger partial charge in [-0.05, 0) is 101 Å². The third-order valence-electron chi connectivity index (χ3n) is 10.0. The molecular weight excluding hydrogens is 508 g/mol. The molecule has 40 heavy (non-hydrogen) atoms. The summed E-state index contributed by atoms with van der Waals surface area (Å²) in [5.41, 5.74) is 5.64. The Morgan fingerprint density at radius 2 is 1.85 bits per heavy atom. The van der Waals surface area contributed by atoms with E-state index < -0.39 is 16.4 Å². The van der Waals surface area contributed by atoms with Crippen LogP contribution in [0.1, 0.15) is 96.3 Å². The molecular formula is C32H46N2O6. The van der Waals surface area contributed by atoms with Gasteiger partial charge in [-0.25, -0.2) is 15.2 Å². The highest BCUT2D eigenvalue weighted by molar-refractivity contribution is 5.91. The fraction of sp³-hybridized carbons (Fsp3) is 0.594. The highest BCUT2D eigenvalue weighted by atomic mass is 16.8. The Labute approximate surface area is 238 Å². The van der Waals surface area contributed by atoms with Gasteiger partial charge < -0.3 is 15.2 Å². The number of rotatable bonds is 9. The van der Waals surface area contributed by atoms with E-state index in [1.807, 2.05) is 6.92 Å². The molecule has 8 nitrogen and oxygen atoms in total. The smallest absolute Gasteiger partial charge is 0.338 e. The minimum absolute atomic E-state index is 0.0801. The largest absolute Gasteiger partial charge is 0.595 e. The van der Waals surface area contributed by atoms with E-state index in [0.717, 1.165) is 36.6 Å². The molecule has 1 fully saturated rings. The number of hydrogen-bond acceptors (Lipinski definition) is 6. The molecule has 0 aliphatic heterocycles. The first-order valence-corrected chi connectivity index (χ1v) is 14.7. The number of allylic oxidation sites excluding steroid dienone is 5. The number of ether oxygens (including phenoxy) is 1. The van der Waals surface area contributed by atoms with Gasteiger partial charge in [0.2, 0.25) is 0 Å². The minimum atomic E-state index is -1.30. The van der Waals surface area contributed by atoms with Crippen LogP contribution in [-0.4, -0.2) is 23.0 Å². The molecule has 1 aromatic carbocycles. The van der Waals surface area contributed by atoms with Crippen LogP contribution in [-0.2, 0) is 4.74 Å². The lowest BCUT2D eigenvalue weighted by Crippen LogP contribution is -3.00. The van der Waals surface area contributed by atoms with Gasteiger partial charge in [-0.1, -0.05) is 42.7 Å². The number of quaternary nitrogens is 2. The second kappa shape index (κ2) is 12.7. The fourth-order valence-corrected chi connectivity index (χ4v) is 7.54. The average Bonchev–Trinajstić information content (AvgIpc) is 3.43. The number of hydrogen-bond donors (Lipinski definition) is 4. The van der Waals surface area contributed by atoms with Gasteiger partial charge >= 0.3 is 5.97 Å². The highest BCUT2D eigenvalue weighted by Crippen LogP contribution is 2.58. The van der Waals surface area contributed by atoms with Gasteiger partial charge in [0.15, 0.2) is 11.4 Å². The van der Waals surface area contributed by atoms with Crippen molar-refractivity contribution in [2.24, 2.45) is 29.1 Å². The van der Waals surface area contributed by atoms with E-state index in [4.69, 9.17) is 4.74 Å². The molecule has 8 heteroatoms. The second-order valence-electron chi connectivity index (χ2n) is 12.8. The van der Waals surface area contributed by atoms with Gasteiger partial charge in [-0.2, -0.15) is 10.5 Å². The predicted octanol–water partition coefficient (Wildman–Crippen LogP) is 5.51. The van der Waals surface area contributed by atoms with Crippen molar-refractivity contribution in [1.29, 1.82) is 0 Å². The Kier molecular flexibility index (Phi) is 9.70. The van der Waals surface area contributed by atoms with Crippen molar-refractivity contribution in [2.75, 3.05) is 6.61 Å². The lowest BCUT2D eigenvalue weighted by molar-refractivity contribution is -0.996. The van der Waals surface area contributed by atoms with Crippen LogP contribution in [0.15, 0.2) is 52.6 Å². The Bertz CT molecular complexity index is 1160. The number of carbonyl (C=O) groups excluding carboxylic acids is 1. The number of benzene rings is 1. The van der Waals surface area contributed by atoms with E-state index in [2.05, 4.69) is 39.8 Å². The van der Waals surface area contributed by atoms with E-state index >= 15 is 0 Å². The molecule has 3 aliphatic rings. The summed E-state index contributed by atoms with van der Waals surface area (Å²) in [4.78, 5) is 12.5. The lowest BCUT2D eigenvalue weighted by atomic mass is 9.65. The summed E-state index contributed by atoms with van der Waals surface area (Å²) in [7, 11) is 0. The maximum Gasteiger partial charge on any atom is 0.338 e. The van der Waals surface area contributed by atoms with Crippen LogP contribution in [0.4, 0.5) is 11.4 Å². The van der Waals surface area contributed by atoms with Gasteiger partial charge in [0.1, 0.15) is 6.61 Å². The van der Waals surface area contributed by atoms with Gasteiger partial charge in [0, 0.05) is 18.1 Å². The maximum atomic E-state index is 12.5. The molecule has 1 aromatic rings. The molecule has 0 bridgehead atoms. The van der Waals surface area contributed by atoms with Crippen molar-refractivity contribution in [2.45, 2.75) is 86.0 Å². The van der Waals surface area contributed by atoms with Crippen molar-refractivity contribution in [3.63, 3.8) is 0 Å². The van der Waals surface area contributed by atoms with Crippen LogP contribution >= 0.6 is 0 Å². The minimum Gasteiger partial charge on any atom is -0.595 e. The third-order valence-corrected chi connectivity index (χ3v) is 10.0. The first-order chi connectivity index (χ1) is 18.9. The molecule has 3 aliphatic carbocycles. The molecule has 0 saturated heterocycles. The van der Waals surface area contributed by atoms with Gasteiger partial charge in [-0.3, -0.25) is 0 Å². The van der Waals surface area contributed by atoms with Crippen molar-refractivity contribution < 1.29 is 30.4 Å². The van der Waals surface area contributed by atoms with E-state index in [0.29, 0.717) is 29.1 Å². The number of fused-ring (bicyclic) bond motifs is 2. The molecule has 0 amide bonds. The van der Waals surface area contributed by atoms with Crippen LogP contribution in [0.5, 0.6) is 0 Å². The predicted molar refractivity (Wildman–Crippen MR) is 153 cm³/mol. The van der Waals surface area contributed by atoms with Crippen LogP contribution in [0.3, 0.4) is 0 Å². The molecule has 7 atom stereocenters. The summed E-state index contributed by atoms with van der Waals surface area (Å²) < 4.78 is 5.38. The van der Waals surface area contributed by atoms with E-state index in [1.54, 1.807) is 16.7 Å². The first-order valence-electron chi connectivity index (χ1n) is 14.7. The van der Waals surface area contributed by atoms with Crippen LogP contribution in [0.25, 0.3) is 0 Å². The van der Waals surface area contributed by atoms with Crippen molar-refractivity contribution in [1.82, 2.24) is 0 Å². The molecule has 4 rings (SSSR count). The Hall–Kier alpha value is -2.33. The van der Waals surface area contributed by atoms with Crippen molar-refractivity contribution in [3.8, 4) is 0 Å². The third kappa shape index (κ3) is 6.75. The van der Waals surface area contributed by atoms with E-state index in [9.17, 15) is 25.6 Å². The Morgan fingerprint density at radius 3 is 2.50 bits per heavy atom. The van der Waals surface area contributed by atoms with Crippen molar-refractivity contribution in [3.05, 3.63) is 68.6 Å². The van der Waals surface area contributed by atoms with Crippen molar-refractivity contribution >= 4 is 17.3 Å². The summed E-state index contributed by atoms with van der Waals surface area (Å²) in [5.74, 6) is 1.97. The van der Waals surface area contributed by atoms with E-state index in [1.165, 1.54) is 38.5 Å². The van der Waals surface area contributed by atoms with Gasteiger partial charge in [-0.15, -0.1) is 0 Å². The molecule has 0 aromatic heterocycles. The highest BCUT2D eigenvalue weighted by Gasteiger charge is 2.48. The standard InChI is InChI=1S/C32H46N2O6/c1-20(19-40-31(35)24-15-25(33(36)37)17-26(16-24)34(38)39)7-6-8-21(2)28-13-14-32(5)18-29-23(4)9-11-27(29)22(3)10-12-30(28)32/h7,10,15-17,21,27-28,30,33-34,36,38H,6,8-9,11-14,18-19H2,1-5H3/t21-,27-,28+,30+,32-/m0/s1. The lowest BCUT2D eigenvalue weighted by Gasteiger charge is -2.39. The summed E-state index contributed by atoms with van der Waals surface area (Å²) in [6.07, 6.45) is 14.3. The van der Waals surface area contributed by atoms with Crippen LogP contribution in [0.2, 0.25) is 0 Å². The second-order valence-corrected chi connectivity index (χ2v) is 12.8. The zero-order valence-electron chi connectivity index (χ0n) is 24.6. The zero-order chi connectivity index (χ0) is 29.2. The van der Waals surface area contributed by atoms with Gasteiger partial charge in [0.05, 0.1) is 11.6 Å². The number of carbonyl (C=O) groups is 1. The van der Waals surface area contributed by atoms with E-state index in [-0.39, 0.29) is 23.5 Å². The molecule has 0 heterocycles. The molecule has 0 radical (unpaired) electrons. The monoisotopic (exact) mass is 554 g/mol. The van der Waals surface area contributed by atoms with Crippen LogP contribution in [0, 0.1) is 39.5 Å². The Balaban J connectivity index is 1.33. The summed E-state index contributed by atoms with van der Waals surface area (Å²) >= 11 is 0. The quantitative estimate of drug-likeness (QED) is 0.181. The average molecular weight is 555 g/mol. The Morgan fingerprint density at radius 1 is 1.18 bits per heavy atom. The molecule has 2 unspecified atom stereocenters. The molecule has 220 valence electrons. The topological polar surface area (TPSA) is 122 Å². The summed E-state index contributed by atoms with van der Waals surface area (Å²) in [6.45, 7) is 11.6. The SMILES string of the molecule is CC(=CCC[C@H](C)[C@H]1CC[C@@]2(C)CC3=C(C)CC[C@H]3C(C)=CC[C@H]12)COC(=O)c1cc([NH+]([O-])O)cc([NH+]([O-])O)c1. The normalized spacial score (nSPS) is 29.2. The van der Waals surface area contributed by atoms with Gasteiger partial charge in [0.25, 0.3) is 0 Å². The maximum absolute atomic E-state index is 12.5. The van der Waals surface area contributed by atoms with Crippen LogP contribution < -0.4 is 10.5 Å². The molecule has 1 saturated carbocycles. The molecule has 0 spiro atoms. The number of nitrogens with one attached hydrogen (secondary N) is 2. The first kappa shape index (κ1) is 30.6. The zero-order valence-corrected chi connectivity index (χ0v) is 24.6. The molecule has 4 N–H and O–H groups in total. The summed E-state index contributed by atoms with van der Waals surface area (Å²) in [5, 5.41) is 38.5. The summed E-state index contributed by atoms with van der Waals surface area (Å²) in [6, 6.07) is 3.31.